The molecular formula is C11H18BrNS. The van der Waals surface area contributed by atoms with Gasteiger partial charge in [-0.15, -0.1) is 11.3 Å². The molecule has 0 spiro atoms. The van der Waals surface area contributed by atoms with E-state index in [0.29, 0.717) is 0 Å². The van der Waals surface area contributed by atoms with Crippen LogP contribution in [0.3, 0.4) is 0 Å². The molecule has 0 saturated carbocycles. The van der Waals surface area contributed by atoms with Gasteiger partial charge >= 0.3 is 0 Å². The maximum Gasteiger partial charge on any atom is 0.0701 e. The van der Waals surface area contributed by atoms with Crippen LogP contribution in [-0.4, -0.2) is 6.04 Å². The van der Waals surface area contributed by atoms with Gasteiger partial charge in [-0.1, -0.05) is 20.8 Å². The molecule has 3 heteroatoms. The second kappa shape index (κ2) is 4.77. The quantitative estimate of drug-likeness (QED) is 0.889. The van der Waals surface area contributed by atoms with Gasteiger partial charge in [0.2, 0.25) is 0 Å². The number of nitrogens with two attached hydrogens (primary N) is 1. The van der Waals surface area contributed by atoms with Gasteiger partial charge in [-0.3, -0.25) is 0 Å². The summed E-state index contributed by atoms with van der Waals surface area (Å²) in [4.78, 5) is 1.37. The Balaban J connectivity index is 2.61. The van der Waals surface area contributed by atoms with Crippen molar-refractivity contribution in [2.75, 3.05) is 0 Å². The van der Waals surface area contributed by atoms with Crippen molar-refractivity contribution in [2.45, 2.75) is 39.7 Å². The third-order valence-electron chi connectivity index (χ3n) is 2.96. The van der Waals surface area contributed by atoms with Crippen LogP contribution >= 0.6 is 27.3 Å². The fourth-order valence-electron chi connectivity index (χ4n) is 1.22. The van der Waals surface area contributed by atoms with E-state index in [1.165, 1.54) is 8.66 Å². The summed E-state index contributed by atoms with van der Waals surface area (Å²) in [7, 11) is 0. The molecule has 1 unspecified atom stereocenters. The SMILES string of the molecule is CCC(C)(C)C(N)Cc1ccc(Br)s1. The molecule has 0 aliphatic rings. The first-order valence-electron chi connectivity index (χ1n) is 4.95. The van der Waals surface area contributed by atoms with E-state index in [1.807, 2.05) is 0 Å². The molecule has 2 N–H and O–H groups in total. The molecular weight excluding hydrogens is 258 g/mol. The Bertz CT molecular complexity index is 293. The molecule has 0 aliphatic heterocycles. The number of rotatable bonds is 4. The van der Waals surface area contributed by atoms with Crippen LogP contribution in [-0.2, 0) is 6.42 Å². The van der Waals surface area contributed by atoms with E-state index in [4.69, 9.17) is 5.73 Å². The van der Waals surface area contributed by atoms with Crippen molar-refractivity contribution in [2.24, 2.45) is 11.1 Å². The van der Waals surface area contributed by atoms with E-state index in [-0.39, 0.29) is 11.5 Å². The van der Waals surface area contributed by atoms with Crippen LogP contribution in [0, 0.1) is 5.41 Å². The zero-order chi connectivity index (χ0) is 10.8. The van der Waals surface area contributed by atoms with E-state index in [0.717, 1.165) is 12.8 Å². The van der Waals surface area contributed by atoms with Crippen molar-refractivity contribution in [3.63, 3.8) is 0 Å². The third-order valence-corrected chi connectivity index (χ3v) is 4.61. The lowest BCUT2D eigenvalue weighted by atomic mass is 9.80. The molecule has 1 nitrogen and oxygen atoms in total. The van der Waals surface area contributed by atoms with Crippen LogP contribution < -0.4 is 5.73 Å². The van der Waals surface area contributed by atoms with Gasteiger partial charge in [0.1, 0.15) is 0 Å². The summed E-state index contributed by atoms with van der Waals surface area (Å²) in [5.74, 6) is 0. The Hall–Kier alpha value is 0.140. The van der Waals surface area contributed by atoms with Crippen LogP contribution in [0.15, 0.2) is 15.9 Å². The molecule has 80 valence electrons. The molecule has 0 radical (unpaired) electrons. The van der Waals surface area contributed by atoms with Crippen LogP contribution in [0.25, 0.3) is 0 Å². The van der Waals surface area contributed by atoms with E-state index < -0.39 is 0 Å². The molecule has 0 fully saturated rings. The molecule has 1 atom stereocenters. The number of halogens is 1. The van der Waals surface area contributed by atoms with Crippen molar-refractivity contribution >= 4 is 27.3 Å². The van der Waals surface area contributed by atoms with Crippen LogP contribution in [0.5, 0.6) is 0 Å². The summed E-state index contributed by atoms with van der Waals surface area (Å²) in [6, 6.07) is 4.49. The average Bonchev–Trinajstić information content (AvgIpc) is 2.51. The van der Waals surface area contributed by atoms with Gasteiger partial charge in [-0.2, -0.15) is 0 Å². The maximum absolute atomic E-state index is 6.19. The highest BCUT2D eigenvalue weighted by Gasteiger charge is 2.24. The zero-order valence-corrected chi connectivity index (χ0v) is 11.4. The minimum absolute atomic E-state index is 0.233. The predicted molar refractivity (Wildman–Crippen MR) is 67.8 cm³/mol. The lowest BCUT2D eigenvalue weighted by Crippen LogP contribution is -2.38. The smallest absolute Gasteiger partial charge is 0.0701 e. The summed E-state index contributed by atoms with van der Waals surface area (Å²) < 4.78 is 1.19. The summed E-state index contributed by atoms with van der Waals surface area (Å²) in [5, 5.41) is 0. The molecule has 0 bridgehead atoms. The largest absolute Gasteiger partial charge is 0.327 e. The number of hydrogen-bond acceptors (Lipinski definition) is 2. The number of hydrogen-bond donors (Lipinski definition) is 1. The molecule has 0 amide bonds. The summed E-state index contributed by atoms with van der Waals surface area (Å²) >= 11 is 5.25. The van der Waals surface area contributed by atoms with Crippen LogP contribution in [0.4, 0.5) is 0 Å². The Labute approximate surface area is 98.8 Å². The molecule has 0 saturated heterocycles. The summed E-state index contributed by atoms with van der Waals surface area (Å²) in [6.07, 6.45) is 2.11. The maximum atomic E-state index is 6.19. The van der Waals surface area contributed by atoms with Crippen molar-refractivity contribution in [1.29, 1.82) is 0 Å². The van der Waals surface area contributed by atoms with Gasteiger partial charge < -0.3 is 5.73 Å². The average molecular weight is 276 g/mol. The fourth-order valence-corrected chi connectivity index (χ4v) is 2.76. The molecule has 0 aromatic carbocycles. The van der Waals surface area contributed by atoms with Crippen molar-refractivity contribution in [3.05, 3.63) is 20.8 Å². The topological polar surface area (TPSA) is 26.0 Å². The zero-order valence-electron chi connectivity index (χ0n) is 9.01. The van der Waals surface area contributed by atoms with Gasteiger partial charge in [0.25, 0.3) is 0 Å². The minimum atomic E-state index is 0.233. The molecule has 0 aliphatic carbocycles. The van der Waals surface area contributed by atoms with Crippen LogP contribution in [0.1, 0.15) is 32.1 Å². The van der Waals surface area contributed by atoms with Gasteiger partial charge in [0, 0.05) is 10.9 Å². The minimum Gasteiger partial charge on any atom is -0.327 e. The van der Waals surface area contributed by atoms with Gasteiger partial charge in [0.05, 0.1) is 3.79 Å². The molecule has 1 aromatic heterocycles. The first-order valence-corrected chi connectivity index (χ1v) is 6.56. The highest BCUT2D eigenvalue weighted by atomic mass is 79.9. The van der Waals surface area contributed by atoms with E-state index in [2.05, 4.69) is 48.8 Å². The lowest BCUT2D eigenvalue weighted by molar-refractivity contribution is 0.273. The summed E-state index contributed by atoms with van der Waals surface area (Å²) in [6.45, 7) is 6.67. The summed E-state index contributed by atoms with van der Waals surface area (Å²) in [5.41, 5.74) is 6.43. The Kier molecular flexibility index (Phi) is 4.16. The third kappa shape index (κ3) is 3.07. The van der Waals surface area contributed by atoms with Crippen molar-refractivity contribution < 1.29 is 0 Å². The first-order chi connectivity index (χ1) is 6.45. The van der Waals surface area contributed by atoms with Crippen molar-refractivity contribution in [3.8, 4) is 0 Å². The highest BCUT2D eigenvalue weighted by molar-refractivity contribution is 9.11. The normalized spacial score (nSPS) is 14.4. The second-order valence-electron chi connectivity index (χ2n) is 4.36. The van der Waals surface area contributed by atoms with Gasteiger partial charge in [0.15, 0.2) is 0 Å². The fraction of sp³-hybridized carbons (Fsp3) is 0.636. The Morgan fingerprint density at radius 3 is 2.57 bits per heavy atom. The molecule has 1 heterocycles. The number of thiophene rings is 1. The van der Waals surface area contributed by atoms with E-state index in [1.54, 1.807) is 11.3 Å². The van der Waals surface area contributed by atoms with E-state index >= 15 is 0 Å². The second-order valence-corrected chi connectivity index (χ2v) is 6.91. The van der Waals surface area contributed by atoms with Crippen LogP contribution in [0.2, 0.25) is 0 Å². The van der Waals surface area contributed by atoms with E-state index in [9.17, 15) is 0 Å². The predicted octanol–water partition coefficient (Wildman–Crippen LogP) is 3.82. The Morgan fingerprint density at radius 1 is 1.50 bits per heavy atom. The van der Waals surface area contributed by atoms with Gasteiger partial charge in [-0.25, -0.2) is 0 Å². The lowest BCUT2D eigenvalue weighted by Gasteiger charge is -2.30. The monoisotopic (exact) mass is 275 g/mol. The van der Waals surface area contributed by atoms with Crippen molar-refractivity contribution in [1.82, 2.24) is 0 Å². The standard InChI is InChI=1S/C11H18BrNS/c1-4-11(2,3)9(13)7-8-5-6-10(12)14-8/h5-6,9H,4,7,13H2,1-3H3. The molecule has 1 aromatic rings. The Morgan fingerprint density at radius 2 is 2.14 bits per heavy atom. The molecule has 1 rings (SSSR count). The first kappa shape index (κ1) is 12.2. The molecule has 14 heavy (non-hydrogen) atoms. The highest BCUT2D eigenvalue weighted by Crippen LogP contribution is 2.29. The van der Waals surface area contributed by atoms with Gasteiger partial charge in [-0.05, 0) is 46.3 Å².